The van der Waals surface area contributed by atoms with Crippen LogP contribution in [0.15, 0.2) is 18.3 Å². The van der Waals surface area contributed by atoms with E-state index in [1.54, 1.807) is 0 Å². The number of rotatable bonds is 4. The Balaban J connectivity index is 0.00000225. The predicted octanol–water partition coefficient (Wildman–Crippen LogP) is 2.38. The van der Waals surface area contributed by atoms with E-state index in [9.17, 15) is 4.79 Å². The first kappa shape index (κ1) is 26.2. The highest BCUT2D eigenvalue weighted by Gasteiger charge is 2.34. The maximum Gasteiger partial charge on any atom is 0.240 e. The van der Waals surface area contributed by atoms with Gasteiger partial charge in [0.05, 0.1) is 5.54 Å². The van der Waals surface area contributed by atoms with Crippen molar-refractivity contribution in [3.63, 3.8) is 0 Å². The van der Waals surface area contributed by atoms with Crippen LogP contribution in [0.1, 0.15) is 37.7 Å². The Morgan fingerprint density at radius 1 is 1.15 bits per heavy atom. The second-order valence-electron chi connectivity index (χ2n) is 7.21. The van der Waals surface area contributed by atoms with Gasteiger partial charge in [0.15, 0.2) is 0 Å². The molecule has 2 fully saturated rings. The molecule has 3 N–H and O–H groups in total. The molecule has 9 heteroatoms. The number of anilines is 1. The van der Waals surface area contributed by atoms with Gasteiger partial charge in [-0.3, -0.25) is 4.79 Å². The van der Waals surface area contributed by atoms with E-state index in [1.165, 1.54) is 6.42 Å². The first-order valence-corrected chi connectivity index (χ1v) is 9.02. The van der Waals surface area contributed by atoms with Crippen molar-refractivity contribution in [2.75, 3.05) is 38.1 Å². The Kier molecular flexibility index (Phi) is 11.6. The van der Waals surface area contributed by atoms with Crippen LogP contribution < -0.4 is 16.0 Å². The molecule has 1 aromatic heterocycles. The molecule has 27 heavy (non-hydrogen) atoms. The lowest BCUT2D eigenvalue weighted by Crippen LogP contribution is -2.54. The minimum absolute atomic E-state index is 0. The summed E-state index contributed by atoms with van der Waals surface area (Å²) in [6.45, 7) is 4.61. The van der Waals surface area contributed by atoms with Crippen molar-refractivity contribution >= 4 is 48.9 Å². The maximum atomic E-state index is 12.4. The van der Waals surface area contributed by atoms with Gasteiger partial charge in [-0.25, -0.2) is 4.98 Å². The number of nitrogens with zero attached hydrogens (tertiary/aromatic N) is 3. The van der Waals surface area contributed by atoms with Crippen molar-refractivity contribution in [1.82, 2.24) is 15.2 Å². The lowest BCUT2D eigenvalue weighted by atomic mass is 9.82. The molecule has 1 saturated carbocycles. The van der Waals surface area contributed by atoms with E-state index in [1.807, 2.05) is 12.3 Å². The first-order chi connectivity index (χ1) is 11.6. The van der Waals surface area contributed by atoms with E-state index in [0.717, 1.165) is 63.2 Å². The number of likely N-dealkylation sites (N-methyl/N-ethyl adjacent to an activating group) is 1. The lowest BCUT2D eigenvalue weighted by Gasteiger charge is -2.33. The molecular weight excluding hydrogens is 409 g/mol. The van der Waals surface area contributed by atoms with Gasteiger partial charge in [-0.1, -0.05) is 19.3 Å². The van der Waals surface area contributed by atoms with Crippen molar-refractivity contribution in [3.05, 3.63) is 23.9 Å². The van der Waals surface area contributed by atoms with Crippen LogP contribution in [0, 0.1) is 0 Å². The van der Waals surface area contributed by atoms with Gasteiger partial charge in [0.2, 0.25) is 5.91 Å². The minimum atomic E-state index is -0.675. The van der Waals surface area contributed by atoms with E-state index >= 15 is 0 Å². The molecule has 3 rings (SSSR count). The van der Waals surface area contributed by atoms with Crippen LogP contribution in [0.25, 0.3) is 0 Å². The molecule has 0 aromatic carbocycles. The Bertz CT molecular complexity index is 576. The second kappa shape index (κ2) is 11.9. The van der Waals surface area contributed by atoms with Crippen LogP contribution in [-0.2, 0) is 11.3 Å². The number of hydrogen-bond donors (Lipinski definition) is 2. The fourth-order valence-corrected chi connectivity index (χ4v) is 3.55. The second-order valence-corrected chi connectivity index (χ2v) is 7.21. The van der Waals surface area contributed by atoms with Crippen LogP contribution in [-0.4, -0.2) is 54.6 Å². The number of pyridine rings is 1. The quantitative estimate of drug-likeness (QED) is 0.752. The average Bonchev–Trinajstić information content (AvgIpc) is 2.61. The summed E-state index contributed by atoms with van der Waals surface area (Å²) >= 11 is 0. The average molecular weight is 441 g/mol. The normalized spacial score (nSPS) is 19.1. The van der Waals surface area contributed by atoms with Crippen molar-refractivity contribution in [1.29, 1.82) is 0 Å². The van der Waals surface area contributed by atoms with E-state index < -0.39 is 5.54 Å². The summed E-state index contributed by atoms with van der Waals surface area (Å²) in [5.74, 6) is 0.982. The third kappa shape index (κ3) is 6.95. The van der Waals surface area contributed by atoms with Gasteiger partial charge in [-0.05, 0) is 37.6 Å². The third-order valence-electron chi connectivity index (χ3n) is 5.29. The Labute approximate surface area is 180 Å². The summed E-state index contributed by atoms with van der Waals surface area (Å²) in [5, 5.41) is 3.03. The van der Waals surface area contributed by atoms with Crippen LogP contribution >= 0.6 is 37.2 Å². The molecule has 0 bridgehead atoms. The SMILES string of the molecule is CN1CCN(c2cc(CNC(=O)C3(N)CCCCC3)ccn2)CC1.Cl.Cl.Cl. The van der Waals surface area contributed by atoms with Crippen LogP contribution in [0.5, 0.6) is 0 Å². The van der Waals surface area contributed by atoms with Crippen molar-refractivity contribution in [3.8, 4) is 0 Å². The summed E-state index contributed by atoms with van der Waals surface area (Å²) in [7, 11) is 2.14. The Hall–Kier alpha value is -0.790. The van der Waals surface area contributed by atoms with Crippen molar-refractivity contribution < 1.29 is 4.79 Å². The Morgan fingerprint density at radius 3 is 2.41 bits per heavy atom. The van der Waals surface area contributed by atoms with E-state index in [4.69, 9.17) is 5.73 Å². The molecule has 0 spiro atoms. The monoisotopic (exact) mass is 439 g/mol. The van der Waals surface area contributed by atoms with Gasteiger partial charge in [0.1, 0.15) is 5.82 Å². The molecule has 1 saturated heterocycles. The number of halogens is 3. The number of hydrogen-bond acceptors (Lipinski definition) is 5. The number of piperazine rings is 1. The molecule has 2 heterocycles. The molecule has 1 amide bonds. The highest BCUT2D eigenvalue weighted by molar-refractivity contribution is 5.86. The molecule has 1 aliphatic carbocycles. The van der Waals surface area contributed by atoms with Gasteiger partial charge in [-0.2, -0.15) is 0 Å². The number of carbonyl (C=O) groups is 1. The molecule has 156 valence electrons. The molecule has 0 radical (unpaired) electrons. The van der Waals surface area contributed by atoms with Gasteiger partial charge in [0.25, 0.3) is 0 Å². The molecule has 6 nitrogen and oxygen atoms in total. The van der Waals surface area contributed by atoms with Gasteiger partial charge in [-0.15, -0.1) is 37.2 Å². The van der Waals surface area contributed by atoms with Gasteiger partial charge in [0, 0.05) is 38.9 Å². The highest BCUT2D eigenvalue weighted by atomic mass is 35.5. The zero-order valence-electron chi connectivity index (χ0n) is 15.9. The number of carbonyl (C=O) groups excluding carboxylic acids is 1. The highest BCUT2D eigenvalue weighted by Crippen LogP contribution is 2.26. The number of nitrogens with one attached hydrogen (secondary N) is 1. The zero-order valence-corrected chi connectivity index (χ0v) is 18.3. The maximum absolute atomic E-state index is 12.4. The third-order valence-corrected chi connectivity index (χ3v) is 5.29. The van der Waals surface area contributed by atoms with Gasteiger partial charge < -0.3 is 20.9 Å². The fraction of sp³-hybridized carbons (Fsp3) is 0.667. The smallest absolute Gasteiger partial charge is 0.240 e. The van der Waals surface area contributed by atoms with Gasteiger partial charge >= 0.3 is 0 Å². The standard InChI is InChI=1S/C18H29N5O.3ClH/c1-22-9-11-23(12-10-22)16-13-15(5-8-20-16)14-21-17(24)18(19)6-3-2-4-7-18;;;/h5,8,13H,2-4,6-7,9-12,14,19H2,1H3,(H,21,24);3*1H. The molecule has 1 aliphatic heterocycles. The van der Waals surface area contributed by atoms with Crippen LogP contribution in [0.3, 0.4) is 0 Å². The summed E-state index contributed by atoms with van der Waals surface area (Å²) in [4.78, 5) is 21.6. The molecule has 1 aromatic rings. The molecule has 0 atom stereocenters. The van der Waals surface area contributed by atoms with Crippen LogP contribution in [0.4, 0.5) is 5.82 Å². The number of aromatic nitrogens is 1. The van der Waals surface area contributed by atoms with E-state index in [2.05, 4.69) is 33.2 Å². The zero-order chi connectivity index (χ0) is 17.0. The van der Waals surface area contributed by atoms with Crippen molar-refractivity contribution in [2.24, 2.45) is 5.73 Å². The summed E-state index contributed by atoms with van der Waals surface area (Å²) in [5.41, 5.74) is 6.69. The molecule has 0 unspecified atom stereocenters. The molecular formula is C18H32Cl3N5O. The first-order valence-electron chi connectivity index (χ1n) is 9.02. The molecule has 2 aliphatic rings. The largest absolute Gasteiger partial charge is 0.354 e. The topological polar surface area (TPSA) is 74.5 Å². The summed E-state index contributed by atoms with van der Waals surface area (Å²) in [6.07, 6.45) is 6.70. The fourth-order valence-electron chi connectivity index (χ4n) is 3.55. The summed E-state index contributed by atoms with van der Waals surface area (Å²) < 4.78 is 0. The van der Waals surface area contributed by atoms with Crippen molar-refractivity contribution in [2.45, 2.75) is 44.2 Å². The van der Waals surface area contributed by atoms with E-state index in [-0.39, 0.29) is 43.1 Å². The number of amides is 1. The lowest BCUT2D eigenvalue weighted by molar-refractivity contribution is -0.127. The van der Waals surface area contributed by atoms with Crippen LogP contribution in [0.2, 0.25) is 0 Å². The van der Waals surface area contributed by atoms with E-state index in [0.29, 0.717) is 6.54 Å². The minimum Gasteiger partial charge on any atom is -0.354 e. The predicted molar refractivity (Wildman–Crippen MR) is 118 cm³/mol. The summed E-state index contributed by atoms with van der Waals surface area (Å²) in [6, 6.07) is 4.04. The number of nitrogens with two attached hydrogens (primary N) is 1. The Morgan fingerprint density at radius 2 is 1.78 bits per heavy atom.